The summed E-state index contributed by atoms with van der Waals surface area (Å²) in [4.78, 5) is 25.6. The number of urea groups is 1. The van der Waals surface area contributed by atoms with Gasteiger partial charge >= 0.3 is 12.0 Å². The molecule has 0 saturated carbocycles. The van der Waals surface area contributed by atoms with Crippen LogP contribution in [0.4, 0.5) is 4.79 Å². The maximum atomic E-state index is 13.1. The molecule has 1 aliphatic rings. The Balaban J connectivity index is 1.94. The standard InChI is InChI=1S/C28H36N2O5/c1-7-8-9-22-25(27(31)35-17(2)3)26(30-28(32)29-22)20-12-13-23(24(15-20)33-6)34-16-21-14-18(4)10-11-19(21)5/h10-15,17,26H,7-9,16H2,1-6H3,(H2,29,30,32). The number of esters is 1. The van der Waals surface area contributed by atoms with Gasteiger partial charge in [0.05, 0.1) is 24.8 Å². The smallest absolute Gasteiger partial charge is 0.338 e. The molecule has 7 heteroatoms. The van der Waals surface area contributed by atoms with Gasteiger partial charge in [-0.3, -0.25) is 0 Å². The van der Waals surface area contributed by atoms with Crippen molar-refractivity contribution in [1.82, 2.24) is 10.6 Å². The van der Waals surface area contributed by atoms with Crippen LogP contribution in [0.5, 0.6) is 11.5 Å². The molecule has 1 atom stereocenters. The van der Waals surface area contributed by atoms with Gasteiger partial charge in [0.15, 0.2) is 11.5 Å². The molecule has 0 fully saturated rings. The number of ether oxygens (including phenoxy) is 3. The molecular formula is C28H36N2O5. The quantitative estimate of drug-likeness (QED) is 0.430. The highest BCUT2D eigenvalue weighted by molar-refractivity contribution is 5.95. The lowest BCUT2D eigenvalue weighted by molar-refractivity contribution is -0.143. The first kappa shape index (κ1) is 26.1. The summed E-state index contributed by atoms with van der Waals surface area (Å²) in [6.45, 7) is 10.2. The summed E-state index contributed by atoms with van der Waals surface area (Å²) >= 11 is 0. The van der Waals surface area contributed by atoms with Crippen LogP contribution < -0.4 is 20.1 Å². The first-order valence-corrected chi connectivity index (χ1v) is 12.1. The Kier molecular flexibility index (Phi) is 8.79. The van der Waals surface area contributed by atoms with Gasteiger partial charge in [-0.1, -0.05) is 43.2 Å². The zero-order valence-electron chi connectivity index (χ0n) is 21.5. The Bertz CT molecular complexity index is 1110. The summed E-state index contributed by atoms with van der Waals surface area (Å²) in [6, 6.07) is 10.7. The van der Waals surface area contributed by atoms with Crippen molar-refractivity contribution < 1.29 is 23.8 Å². The number of allylic oxidation sites excluding steroid dienone is 1. The molecule has 0 saturated heterocycles. The number of aryl methyl sites for hydroxylation is 2. The van der Waals surface area contributed by atoms with Gasteiger partial charge in [-0.05, 0) is 69.4 Å². The number of benzene rings is 2. The fourth-order valence-electron chi connectivity index (χ4n) is 4.03. The number of methoxy groups -OCH3 is 1. The molecule has 35 heavy (non-hydrogen) atoms. The van der Waals surface area contributed by atoms with Crippen LogP contribution in [0.1, 0.15) is 68.3 Å². The molecular weight excluding hydrogens is 444 g/mol. The second-order valence-corrected chi connectivity index (χ2v) is 9.11. The second-order valence-electron chi connectivity index (χ2n) is 9.11. The molecule has 0 aromatic heterocycles. The minimum atomic E-state index is -0.663. The largest absolute Gasteiger partial charge is 0.493 e. The van der Waals surface area contributed by atoms with Crippen LogP contribution in [-0.2, 0) is 16.1 Å². The van der Waals surface area contributed by atoms with Gasteiger partial charge in [0, 0.05) is 5.70 Å². The lowest BCUT2D eigenvalue weighted by Crippen LogP contribution is -2.46. The minimum absolute atomic E-state index is 0.281. The van der Waals surface area contributed by atoms with Crippen molar-refractivity contribution in [2.24, 2.45) is 0 Å². The molecule has 2 N–H and O–H groups in total. The Morgan fingerprint density at radius 1 is 1.09 bits per heavy atom. The van der Waals surface area contributed by atoms with Crippen molar-refractivity contribution in [3.63, 3.8) is 0 Å². The van der Waals surface area contributed by atoms with Crippen molar-refractivity contribution >= 4 is 12.0 Å². The zero-order chi connectivity index (χ0) is 25.5. The fraction of sp³-hybridized carbons (Fsp3) is 0.429. The summed E-state index contributed by atoms with van der Waals surface area (Å²) in [5.41, 5.74) is 5.15. The Morgan fingerprint density at radius 3 is 2.54 bits per heavy atom. The topological polar surface area (TPSA) is 85.9 Å². The Labute approximate surface area is 207 Å². The molecule has 0 bridgehead atoms. The van der Waals surface area contributed by atoms with Gasteiger partial charge in [-0.25, -0.2) is 9.59 Å². The third kappa shape index (κ3) is 6.56. The third-order valence-corrected chi connectivity index (χ3v) is 5.91. The molecule has 2 aromatic rings. The Hall–Kier alpha value is -3.48. The third-order valence-electron chi connectivity index (χ3n) is 5.91. The Morgan fingerprint density at radius 2 is 1.86 bits per heavy atom. The minimum Gasteiger partial charge on any atom is -0.493 e. The van der Waals surface area contributed by atoms with Crippen LogP contribution >= 0.6 is 0 Å². The lowest BCUT2D eigenvalue weighted by Gasteiger charge is -2.30. The van der Waals surface area contributed by atoms with E-state index in [1.807, 2.05) is 12.1 Å². The maximum absolute atomic E-state index is 13.1. The van der Waals surface area contributed by atoms with E-state index in [2.05, 4.69) is 49.6 Å². The van der Waals surface area contributed by atoms with E-state index in [0.29, 0.717) is 41.4 Å². The molecule has 0 spiro atoms. The van der Waals surface area contributed by atoms with Crippen molar-refractivity contribution in [2.75, 3.05) is 7.11 Å². The number of rotatable bonds is 10. The van der Waals surface area contributed by atoms with Gasteiger partial charge in [0.1, 0.15) is 6.61 Å². The predicted octanol–water partition coefficient (Wildman–Crippen LogP) is 5.64. The number of carbonyl (C=O) groups is 2. The van der Waals surface area contributed by atoms with Crippen LogP contribution in [0.15, 0.2) is 47.7 Å². The van der Waals surface area contributed by atoms with Gasteiger partial charge in [-0.15, -0.1) is 0 Å². The van der Waals surface area contributed by atoms with E-state index in [1.54, 1.807) is 27.0 Å². The number of amides is 2. The highest BCUT2D eigenvalue weighted by Crippen LogP contribution is 2.36. The summed E-state index contributed by atoms with van der Waals surface area (Å²) < 4.78 is 17.2. The summed E-state index contributed by atoms with van der Waals surface area (Å²) in [7, 11) is 1.57. The van der Waals surface area contributed by atoms with Gasteiger partial charge in [-0.2, -0.15) is 0 Å². The number of nitrogens with one attached hydrogen (secondary N) is 2. The fourth-order valence-corrected chi connectivity index (χ4v) is 4.03. The van der Waals surface area contributed by atoms with Gasteiger partial charge in [0.2, 0.25) is 0 Å². The van der Waals surface area contributed by atoms with Gasteiger partial charge < -0.3 is 24.8 Å². The van der Waals surface area contributed by atoms with Crippen molar-refractivity contribution in [3.8, 4) is 11.5 Å². The molecule has 0 aliphatic carbocycles. The van der Waals surface area contributed by atoms with Crippen LogP contribution in [-0.4, -0.2) is 25.2 Å². The first-order chi connectivity index (χ1) is 16.7. The van der Waals surface area contributed by atoms with E-state index in [0.717, 1.165) is 24.0 Å². The molecule has 2 amide bonds. The van der Waals surface area contributed by atoms with Crippen LogP contribution in [0.3, 0.4) is 0 Å². The van der Waals surface area contributed by atoms with E-state index in [1.165, 1.54) is 5.56 Å². The number of unbranched alkanes of at least 4 members (excludes halogenated alkanes) is 1. The first-order valence-electron chi connectivity index (χ1n) is 12.1. The summed E-state index contributed by atoms with van der Waals surface area (Å²) in [5.74, 6) is 0.656. The number of hydrogen-bond donors (Lipinski definition) is 2. The monoisotopic (exact) mass is 480 g/mol. The average Bonchev–Trinajstić information content (AvgIpc) is 2.82. The molecule has 1 heterocycles. The van der Waals surface area contributed by atoms with E-state index in [9.17, 15) is 9.59 Å². The molecule has 188 valence electrons. The molecule has 1 unspecified atom stereocenters. The van der Waals surface area contributed by atoms with Crippen molar-refractivity contribution in [2.45, 2.75) is 72.6 Å². The van der Waals surface area contributed by atoms with Crippen LogP contribution in [0.25, 0.3) is 0 Å². The molecule has 1 aliphatic heterocycles. The highest BCUT2D eigenvalue weighted by Gasteiger charge is 2.34. The lowest BCUT2D eigenvalue weighted by atomic mass is 9.93. The normalized spacial score (nSPS) is 15.5. The summed E-state index contributed by atoms with van der Waals surface area (Å²) in [5, 5.41) is 5.70. The average molecular weight is 481 g/mol. The predicted molar refractivity (Wildman–Crippen MR) is 135 cm³/mol. The van der Waals surface area contributed by atoms with Crippen molar-refractivity contribution in [1.29, 1.82) is 0 Å². The second kappa shape index (κ2) is 11.8. The van der Waals surface area contributed by atoms with E-state index < -0.39 is 12.0 Å². The van der Waals surface area contributed by atoms with Crippen LogP contribution in [0.2, 0.25) is 0 Å². The van der Waals surface area contributed by atoms with Gasteiger partial charge in [0.25, 0.3) is 0 Å². The van der Waals surface area contributed by atoms with E-state index in [-0.39, 0.29) is 12.1 Å². The van der Waals surface area contributed by atoms with E-state index in [4.69, 9.17) is 14.2 Å². The van der Waals surface area contributed by atoms with Crippen molar-refractivity contribution in [3.05, 3.63) is 69.9 Å². The number of hydrogen-bond acceptors (Lipinski definition) is 5. The van der Waals surface area contributed by atoms with Crippen LogP contribution in [0, 0.1) is 13.8 Å². The SMILES string of the molecule is CCCCC1=C(C(=O)OC(C)C)C(c2ccc(OCc3cc(C)ccc3C)c(OC)c2)NC(=O)N1. The summed E-state index contributed by atoms with van der Waals surface area (Å²) in [6.07, 6.45) is 2.08. The molecule has 2 aromatic carbocycles. The maximum Gasteiger partial charge on any atom is 0.338 e. The zero-order valence-corrected chi connectivity index (χ0v) is 21.5. The molecule has 7 nitrogen and oxygen atoms in total. The highest BCUT2D eigenvalue weighted by atomic mass is 16.5. The number of carbonyl (C=O) groups excluding carboxylic acids is 2. The molecule has 0 radical (unpaired) electrons. The van der Waals surface area contributed by atoms with E-state index >= 15 is 0 Å². The molecule has 3 rings (SSSR count).